The minimum absolute atomic E-state index is 0.0941. The number of anilines is 3. The van der Waals surface area contributed by atoms with Crippen LogP contribution in [0.15, 0.2) is 54.7 Å². The van der Waals surface area contributed by atoms with Crippen molar-refractivity contribution in [1.29, 1.82) is 0 Å². The maximum Gasteiger partial charge on any atom is 0.231 e. The highest BCUT2D eigenvalue weighted by molar-refractivity contribution is 5.89. The van der Waals surface area contributed by atoms with Gasteiger partial charge in [-0.25, -0.2) is 5.06 Å². The Kier molecular flexibility index (Phi) is 5.31. The fourth-order valence-electron chi connectivity index (χ4n) is 5.00. The first-order chi connectivity index (χ1) is 16.7. The molecular weight excluding hydrogens is 428 g/mol. The highest BCUT2D eigenvalue weighted by Gasteiger charge is 2.31. The Morgan fingerprint density at radius 3 is 2.85 bits per heavy atom. The molecule has 8 heteroatoms. The quantitative estimate of drug-likeness (QED) is 0.455. The summed E-state index contributed by atoms with van der Waals surface area (Å²) in [4.78, 5) is 21.4. The summed E-state index contributed by atoms with van der Waals surface area (Å²) < 4.78 is 5.71. The zero-order valence-electron chi connectivity index (χ0n) is 19.4. The van der Waals surface area contributed by atoms with Crippen LogP contribution >= 0.6 is 0 Å². The van der Waals surface area contributed by atoms with Gasteiger partial charge >= 0.3 is 0 Å². The Labute approximate surface area is 198 Å². The molecule has 2 N–H and O–H groups in total. The predicted molar refractivity (Wildman–Crippen MR) is 132 cm³/mol. The van der Waals surface area contributed by atoms with Crippen molar-refractivity contribution in [3.63, 3.8) is 0 Å². The third-order valence-corrected chi connectivity index (χ3v) is 6.71. The molecule has 6 rings (SSSR count). The van der Waals surface area contributed by atoms with E-state index < -0.39 is 0 Å². The summed E-state index contributed by atoms with van der Waals surface area (Å²) in [7, 11) is 3.85. The first kappa shape index (κ1) is 20.9. The van der Waals surface area contributed by atoms with Crippen LogP contribution in [0.4, 0.5) is 17.5 Å². The maximum atomic E-state index is 6.11. The van der Waals surface area contributed by atoms with Crippen LogP contribution in [0.25, 0.3) is 11.0 Å². The number of hydrogen-bond donors (Lipinski definition) is 2. The van der Waals surface area contributed by atoms with E-state index in [1.165, 1.54) is 16.7 Å². The van der Waals surface area contributed by atoms with Crippen molar-refractivity contribution in [3.8, 4) is 5.75 Å². The Morgan fingerprint density at radius 2 is 2.00 bits per heavy atom. The highest BCUT2D eigenvalue weighted by atomic mass is 16.7. The number of methoxy groups -OCH3 is 1. The van der Waals surface area contributed by atoms with Gasteiger partial charge < -0.3 is 19.9 Å². The first-order valence-electron chi connectivity index (χ1n) is 11.7. The van der Waals surface area contributed by atoms with Crippen LogP contribution in [0.2, 0.25) is 0 Å². The van der Waals surface area contributed by atoms with Gasteiger partial charge in [0.15, 0.2) is 5.82 Å². The van der Waals surface area contributed by atoms with Crippen LogP contribution in [0.3, 0.4) is 0 Å². The number of rotatable bonds is 5. The number of ether oxygens (including phenoxy) is 1. The van der Waals surface area contributed by atoms with Gasteiger partial charge in [-0.05, 0) is 42.3 Å². The predicted octanol–water partition coefficient (Wildman–Crippen LogP) is 4.58. The number of aromatic amines is 1. The van der Waals surface area contributed by atoms with Gasteiger partial charge in [-0.3, -0.25) is 4.84 Å². The molecule has 34 heavy (non-hydrogen) atoms. The number of nitrogens with zero attached hydrogens (tertiary/aromatic N) is 4. The monoisotopic (exact) mass is 456 g/mol. The van der Waals surface area contributed by atoms with Crippen molar-refractivity contribution < 1.29 is 9.57 Å². The lowest BCUT2D eigenvalue weighted by Crippen LogP contribution is -2.27. The number of benzene rings is 2. The van der Waals surface area contributed by atoms with E-state index in [0.717, 1.165) is 54.2 Å². The number of hydrogen-bond acceptors (Lipinski definition) is 7. The fraction of sp³-hybridized carbons (Fsp3) is 0.308. The van der Waals surface area contributed by atoms with Crippen molar-refractivity contribution in [3.05, 3.63) is 71.4 Å². The minimum atomic E-state index is 0.0941. The standard InChI is InChI=1S/C26H28N6O2/c1-31-14-11-19-18(16-31)8-9-22(33-2)23(19)28-26-29-24-20(10-13-27-24)25(30-26)32-21(12-15-34-32)17-6-4-3-5-7-17/h3-10,13,21H,11-12,14-16H2,1-2H3,(H2,27,28,29,30)/t21-/m0/s1. The van der Waals surface area contributed by atoms with E-state index in [1.807, 2.05) is 29.5 Å². The number of aromatic nitrogens is 3. The average molecular weight is 457 g/mol. The van der Waals surface area contributed by atoms with Gasteiger partial charge in [-0.15, -0.1) is 0 Å². The van der Waals surface area contributed by atoms with Crippen LogP contribution in [-0.4, -0.2) is 47.2 Å². The summed E-state index contributed by atoms with van der Waals surface area (Å²) >= 11 is 0. The number of nitrogens with one attached hydrogen (secondary N) is 2. The Bertz CT molecular complexity index is 1320. The molecule has 2 aromatic heterocycles. The lowest BCUT2D eigenvalue weighted by atomic mass is 9.97. The third-order valence-electron chi connectivity index (χ3n) is 6.71. The van der Waals surface area contributed by atoms with Crippen LogP contribution < -0.4 is 15.1 Å². The number of H-pyrrole nitrogens is 1. The van der Waals surface area contributed by atoms with E-state index in [-0.39, 0.29) is 6.04 Å². The van der Waals surface area contributed by atoms with Gasteiger partial charge in [0.05, 0.1) is 30.8 Å². The second-order valence-corrected chi connectivity index (χ2v) is 8.88. The van der Waals surface area contributed by atoms with E-state index in [4.69, 9.17) is 19.5 Å². The zero-order chi connectivity index (χ0) is 23.1. The lowest BCUT2D eigenvalue weighted by molar-refractivity contribution is 0.157. The highest BCUT2D eigenvalue weighted by Crippen LogP contribution is 2.39. The van der Waals surface area contributed by atoms with E-state index in [0.29, 0.717) is 12.6 Å². The normalized spacial score (nSPS) is 18.3. The molecule has 1 saturated heterocycles. The molecule has 174 valence electrons. The molecule has 0 bridgehead atoms. The first-order valence-corrected chi connectivity index (χ1v) is 11.7. The molecule has 1 atom stereocenters. The van der Waals surface area contributed by atoms with Gasteiger partial charge in [0.1, 0.15) is 11.4 Å². The number of hydroxylamine groups is 1. The van der Waals surface area contributed by atoms with Crippen molar-refractivity contribution in [2.75, 3.05) is 37.7 Å². The van der Waals surface area contributed by atoms with Crippen molar-refractivity contribution in [2.24, 2.45) is 0 Å². The zero-order valence-corrected chi connectivity index (χ0v) is 19.4. The molecule has 1 fully saturated rings. The summed E-state index contributed by atoms with van der Waals surface area (Å²) in [5, 5.41) is 6.36. The van der Waals surface area contributed by atoms with Crippen LogP contribution in [-0.2, 0) is 17.8 Å². The van der Waals surface area contributed by atoms with Gasteiger partial charge in [-0.1, -0.05) is 36.4 Å². The van der Waals surface area contributed by atoms with Gasteiger partial charge in [0, 0.05) is 25.7 Å². The Balaban J connectivity index is 1.42. The largest absolute Gasteiger partial charge is 0.495 e. The molecule has 0 aliphatic carbocycles. The fourth-order valence-corrected chi connectivity index (χ4v) is 5.00. The van der Waals surface area contributed by atoms with Crippen LogP contribution in [0.1, 0.15) is 29.2 Å². The molecule has 0 amide bonds. The lowest BCUT2D eigenvalue weighted by Gasteiger charge is -2.28. The topological polar surface area (TPSA) is 78.5 Å². The molecule has 2 aliphatic heterocycles. The van der Waals surface area contributed by atoms with Crippen LogP contribution in [0.5, 0.6) is 5.75 Å². The molecule has 2 aromatic carbocycles. The molecule has 4 heterocycles. The molecule has 0 spiro atoms. The van der Waals surface area contributed by atoms with Crippen molar-refractivity contribution >= 4 is 28.5 Å². The van der Waals surface area contributed by atoms with E-state index in [2.05, 4.69) is 52.6 Å². The molecule has 4 aromatic rings. The minimum Gasteiger partial charge on any atom is -0.495 e. The molecule has 0 saturated carbocycles. The Morgan fingerprint density at radius 1 is 1.12 bits per heavy atom. The average Bonchev–Trinajstić information content (AvgIpc) is 3.54. The SMILES string of the molecule is COc1ccc2c(c1Nc1nc(N3OCC[C@H]3c3ccccc3)c3cc[nH]c3n1)CCN(C)C2. The molecule has 0 radical (unpaired) electrons. The van der Waals surface area contributed by atoms with E-state index in [1.54, 1.807) is 7.11 Å². The second kappa shape index (κ2) is 8.62. The summed E-state index contributed by atoms with van der Waals surface area (Å²) in [6, 6.07) is 16.7. The van der Waals surface area contributed by atoms with E-state index >= 15 is 0 Å². The van der Waals surface area contributed by atoms with E-state index in [9.17, 15) is 0 Å². The van der Waals surface area contributed by atoms with Crippen LogP contribution in [0, 0.1) is 0 Å². The van der Waals surface area contributed by atoms with Gasteiger partial charge in [-0.2, -0.15) is 9.97 Å². The smallest absolute Gasteiger partial charge is 0.231 e. The van der Waals surface area contributed by atoms with Gasteiger partial charge in [0.25, 0.3) is 0 Å². The summed E-state index contributed by atoms with van der Waals surface area (Å²) in [6.45, 7) is 2.55. The third kappa shape index (κ3) is 3.65. The second-order valence-electron chi connectivity index (χ2n) is 8.88. The molecular formula is C26H28N6O2. The summed E-state index contributed by atoms with van der Waals surface area (Å²) in [5.41, 5.74) is 5.46. The Hall–Kier alpha value is -3.62. The number of fused-ring (bicyclic) bond motifs is 2. The van der Waals surface area contributed by atoms with Gasteiger partial charge in [0.2, 0.25) is 5.95 Å². The molecule has 0 unspecified atom stereocenters. The summed E-state index contributed by atoms with van der Waals surface area (Å²) in [5.74, 6) is 2.06. The summed E-state index contributed by atoms with van der Waals surface area (Å²) in [6.07, 6.45) is 3.73. The molecule has 2 aliphatic rings. The maximum absolute atomic E-state index is 6.11. The van der Waals surface area contributed by atoms with Crippen molar-refractivity contribution in [1.82, 2.24) is 19.9 Å². The number of likely N-dealkylation sites (N-methyl/N-ethyl adjacent to an activating group) is 1. The van der Waals surface area contributed by atoms with Crippen molar-refractivity contribution in [2.45, 2.75) is 25.4 Å². The molecule has 8 nitrogen and oxygen atoms in total.